The van der Waals surface area contributed by atoms with E-state index in [9.17, 15) is 9.18 Å². The van der Waals surface area contributed by atoms with Gasteiger partial charge in [0.05, 0.1) is 0 Å². The third-order valence-electron chi connectivity index (χ3n) is 4.95. The molecule has 0 atom stereocenters. The highest BCUT2D eigenvalue weighted by molar-refractivity contribution is 5.93. The van der Waals surface area contributed by atoms with Gasteiger partial charge in [-0.15, -0.1) is 0 Å². The molecular formula is C20H24FN3O. The first kappa shape index (κ1) is 17.4. The van der Waals surface area contributed by atoms with E-state index in [1.54, 1.807) is 12.1 Å². The van der Waals surface area contributed by atoms with Gasteiger partial charge in [-0.25, -0.2) is 4.39 Å². The number of hydrogen-bond donors (Lipinski definition) is 1. The van der Waals surface area contributed by atoms with Crippen molar-refractivity contribution in [1.29, 1.82) is 0 Å². The molecule has 4 nitrogen and oxygen atoms in total. The number of rotatable bonds is 5. The van der Waals surface area contributed by atoms with Crippen LogP contribution in [-0.2, 0) is 6.54 Å². The van der Waals surface area contributed by atoms with E-state index in [1.807, 2.05) is 24.3 Å². The maximum Gasteiger partial charge on any atom is 0.248 e. The summed E-state index contributed by atoms with van der Waals surface area (Å²) in [4.78, 5) is 15.8. The van der Waals surface area contributed by atoms with E-state index in [0.29, 0.717) is 11.6 Å². The van der Waals surface area contributed by atoms with Crippen molar-refractivity contribution in [1.82, 2.24) is 4.90 Å². The molecule has 0 saturated carbocycles. The van der Waals surface area contributed by atoms with Gasteiger partial charge in [0.1, 0.15) is 5.82 Å². The van der Waals surface area contributed by atoms with E-state index in [0.717, 1.165) is 43.7 Å². The zero-order valence-corrected chi connectivity index (χ0v) is 14.5. The molecule has 0 spiro atoms. The van der Waals surface area contributed by atoms with Gasteiger partial charge < -0.3 is 10.6 Å². The van der Waals surface area contributed by atoms with E-state index >= 15 is 0 Å². The number of anilines is 1. The number of primary amides is 1. The molecule has 1 saturated heterocycles. The molecule has 1 aliphatic rings. The number of nitrogens with zero attached hydrogens (tertiary/aromatic N) is 2. The van der Waals surface area contributed by atoms with Crippen molar-refractivity contribution in [2.75, 3.05) is 25.0 Å². The highest BCUT2D eigenvalue weighted by Gasteiger charge is 2.22. The molecular weight excluding hydrogens is 317 g/mol. The molecule has 0 radical (unpaired) electrons. The van der Waals surface area contributed by atoms with Gasteiger partial charge in [0, 0.05) is 36.9 Å². The number of carbonyl (C=O) groups excluding carboxylic acids is 1. The topological polar surface area (TPSA) is 49.6 Å². The van der Waals surface area contributed by atoms with Crippen LogP contribution in [0.3, 0.4) is 0 Å². The zero-order valence-electron chi connectivity index (χ0n) is 14.5. The van der Waals surface area contributed by atoms with Crippen molar-refractivity contribution in [3.63, 3.8) is 0 Å². The van der Waals surface area contributed by atoms with E-state index in [4.69, 9.17) is 5.73 Å². The average Bonchev–Trinajstić information content (AvgIpc) is 2.64. The summed E-state index contributed by atoms with van der Waals surface area (Å²) >= 11 is 0. The molecule has 1 aliphatic heterocycles. The van der Waals surface area contributed by atoms with Gasteiger partial charge in [-0.1, -0.05) is 12.1 Å². The summed E-state index contributed by atoms with van der Waals surface area (Å²) in [5.41, 5.74) is 8.09. The van der Waals surface area contributed by atoms with Gasteiger partial charge in [0.15, 0.2) is 0 Å². The van der Waals surface area contributed by atoms with E-state index < -0.39 is 5.91 Å². The van der Waals surface area contributed by atoms with Crippen LogP contribution in [0.2, 0.25) is 0 Å². The minimum atomic E-state index is -0.396. The molecule has 5 heteroatoms. The van der Waals surface area contributed by atoms with Gasteiger partial charge in [-0.2, -0.15) is 0 Å². The highest BCUT2D eigenvalue weighted by atomic mass is 19.1. The number of piperidine rings is 1. The maximum absolute atomic E-state index is 13.0. The third-order valence-corrected chi connectivity index (χ3v) is 4.95. The largest absolute Gasteiger partial charge is 0.371 e. The SMILES string of the molecule is CN(Cc1ccc(F)cc1)C1CCN(c2ccc(C(N)=O)cc2)CC1. The number of halogens is 1. The third kappa shape index (κ3) is 4.37. The van der Waals surface area contributed by atoms with E-state index in [-0.39, 0.29) is 5.82 Å². The summed E-state index contributed by atoms with van der Waals surface area (Å²) in [6.45, 7) is 2.79. The Morgan fingerprint density at radius 1 is 1.12 bits per heavy atom. The van der Waals surface area contributed by atoms with Crippen LogP contribution in [0.4, 0.5) is 10.1 Å². The van der Waals surface area contributed by atoms with Crippen molar-refractivity contribution in [2.45, 2.75) is 25.4 Å². The first-order valence-electron chi connectivity index (χ1n) is 8.62. The lowest BCUT2D eigenvalue weighted by Gasteiger charge is -2.38. The number of carbonyl (C=O) groups is 1. The predicted molar refractivity (Wildman–Crippen MR) is 98.1 cm³/mol. The number of amides is 1. The molecule has 2 aromatic carbocycles. The molecule has 2 N–H and O–H groups in total. The Hall–Kier alpha value is -2.40. The van der Waals surface area contributed by atoms with Crippen molar-refractivity contribution in [3.8, 4) is 0 Å². The molecule has 0 aromatic heterocycles. The maximum atomic E-state index is 13.0. The van der Waals surface area contributed by atoms with Crippen molar-refractivity contribution < 1.29 is 9.18 Å². The minimum Gasteiger partial charge on any atom is -0.371 e. The van der Waals surface area contributed by atoms with Crippen LogP contribution in [0.5, 0.6) is 0 Å². The monoisotopic (exact) mass is 341 g/mol. The van der Waals surface area contributed by atoms with Crippen molar-refractivity contribution in [2.24, 2.45) is 5.73 Å². The smallest absolute Gasteiger partial charge is 0.248 e. The zero-order chi connectivity index (χ0) is 17.8. The Morgan fingerprint density at radius 2 is 1.72 bits per heavy atom. The number of nitrogens with two attached hydrogens (primary N) is 1. The van der Waals surface area contributed by atoms with Crippen LogP contribution in [0.1, 0.15) is 28.8 Å². The fraction of sp³-hybridized carbons (Fsp3) is 0.350. The van der Waals surface area contributed by atoms with Gasteiger partial charge >= 0.3 is 0 Å². The van der Waals surface area contributed by atoms with E-state index in [1.165, 1.54) is 12.1 Å². The fourth-order valence-corrected chi connectivity index (χ4v) is 3.41. The van der Waals surface area contributed by atoms with Crippen molar-refractivity contribution >= 4 is 11.6 Å². The minimum absolute atomic E-state index is 0.193. The average molecular weight is 341 g/mol. The van der Waals surface area contributed by atoms with Crippen LogP contribution in [0, 0.1) is 5.82 Å². The van der Waals surface area contributed by atoms with Gasteiger partial charge in [0.25, 0.3) is 0 Å². The number of hydrogen-bond acceptors (Lipinski definition) is 3. The lowest BCUT2D eigenvalue weighted by molar-refractivity contribution is 0.100. The second-order valence-electron chi connectivity index (χ2n) is 6.67. The second kappa shape index (κ2) is 7.66. The Labute approximate surface area is 148 Å². The molecule has 3 rings (SSSR count). The summed E-state index contributed by atoms with van der Waals surface area (Å²) < 4.78 is 13.0. The van der Waals surface area contributed by atoms with Crippen LogP contribution in [0.25, 0.3) is 0 Å². The molecule has 0 unspecified atom stereocenters. The van der Waals surface area contributed by atoms with Crippen LogP contribution < -0.4 is 10.6 Å². The molecule has 132 valence electrons. The molecule has 25 heavy (non-hydrogen) atoms. The highest BCUT2D eigenvalue weighted by Crippen LogP contribution is 2.23. The molecule has 1 amide bonds. The lowest BCUT2D eigenvalue weighted by Crippen LogP contribution is -2.43. The van der Waals surface area contributed by atoms with Crippen molar-refractivity contribution in [3.05, 3.63) is 65.5 Å². The summed E-state index contributed by atoms with van der Waals surface area (Å²) in [6, 6.07) is 14.7. The summed E-state index contributed by atoms with van der Waals surface area (Å²) in [5.74, 6) is -0.588. The van der Waals surface area contributed by atoms with Gasteiger partial charge in [-0.3, -0.25) is 9.69 Å². The Kier molecular flexibility index (Phi) is 5.34. The molecule has 0 aliphatic carbocycles. The first-order chi connectivity index (χ1) is 12.0. The van der Waals surface area contributed by atoms with Crippen LogP contribution >= 0.6 is 0 Å². The molecule has 0 bridgehead atoms. The standard InChI is InChI=1S/C20H24FN3O/c1-23(14-15-2-6-17(21)7-3-15)18-10-12-24(13-11-18)19-8-4-16(5-9-19)20(22)25/h2-9,18H,10-14H2,1H3,(H2,22,25). The fourth-order valence-electron chi connectivity index (χ4n) is 3.41. The lowest BCUT2D eigenvalue weighted by atomic mass is 10.0. The molecule has 1 heterocycles. The normalized spacial score (nSPS) is 15.6. The Balaban J connectivity index is 1.54. The quantitative estimate of drug-likeness (QED) is 0.909. The predicted octanol–water partition coefficient (Wildman–Crippen LogP) is 3.03. The summed E-state index contributed by atoms with van der Waals surface area (Å²) in [6.07, 6.45) is 2.16. The Bertz CT molecular complexity index is 707. The molecule has 2 aromatic rings. The van der Waals surface area contributed by atoms with E-state index in [2.05, 4.69) is 16.8 Å². The summed E-state index contributed by atoms with van der Waals surface area (Å²) in [7, 11) is 2.13. The molecule has 1 fully saturated rings. The first-order valence-corrected chi connectivity index (χ1v) is 8.62. The van der Waals surface area contributed by atoms with Crippen LogP contribution in [0.15, 0.2) is 48.5 Å². The van der Waals surface area contributed by atoms with Gasteiger partial charge in [0.2, 0.25) is 5.91 Å². The Morgan fingerprint density at radius 3 is 2.28 bits per heavy atom. The second-order valence-corrected chi connectivity index (χ2v) is 6.67. The summed E-state index contributed by atoms with van der Waals surface area (Å²) in [5, 5.41) is 0. The number of benzene rings is 2. The van der Waals surface area contributed by atoms with Gasteiger partial charge in [-0.05, 0) is 61.9 Å². The van der Waals surface area contributed by atoms with Crippen LogP contribution in [-0.4, -0.2) is 37.0 Å².